The molecule has 1 N–H and O–H groups in total. The summed E-state index contributed by atoms with van der Waals surface area (Å²) in [5.74, 6) is 0. The van der Waals surface area contributed by atoms with Gasteiger partial charge in [0.05, 0.1) is 24.5 Å². The quantitative estimate of drug-likeness (QED) is 0.445. The molecule has 3 aromatic carbocycles. The normalized spacial score (nSPS) is 19.8. The predicted molar refractivity (Wildman–Crippen MR) is 149 cm³/mol. The van der Waals surface area contributed by atoms with E-state index < -0.39 is 39.8 Å². The summed E-state index contributed by atoms with van der Waals surface area (Å²) in [6.45, 7) is 5.21. The molecule has 0 fully saturated rings. The summed E-state index contributed by atoms with van der Waals surface area (Å²) in [5.41, 5.74) is -0.937. The highest BCUT2D eigenvalue weighted by molar-refractivity contribution is 7.97. The van der Waals surface area contributed by atoms with Crippen LogP contribution >= 0.6 is 0 Å². The maximum atomic E-state index is 14.4. The van der Waals surface area contributed by atoms with Gasteiger partial charge in [0.15, 0.2) is 4.87 Å². The van der Waals surface area contributed by atoms with Gasteiger partial charge in [0.2, 0.25) is 29.5 Å². The van der Waals surface area contributed by atoms with Gasteiger partial charge in [-0.1, -0.05) is 75.4 Å². The molecule has 39 heavy (non-hydrogen) atoms. The van der Waals surface area contributed by atoms with Crippen molar-refractivity contribution < 1.29 is 25.3 Å². The highest BCUT2D eigenvalue weighted by Crippen LogP contribution is 2.55. The molecule has 1 atom stereocenters. The SMILES string of the molecule is CC(C)(C)C1=C2C(S(=O)(=O)c3ccccc3)=CNC2(S(=O)(=O)c2ccccc2)C=C1S(=O)(=O)c1ccccc1. The first-order valence-corrected chi connectivity index (χ1v) is 16.6. The van der Waals surface area contributed by atoms with E-state index >= 15 is 0 Å². The molecular formula is C29H27NO6S3. The molecule has 7 nitrogen and oxygen atoms in total. The summed E-state index contributed by atoms with van der Waals surface area (Å²) in [6, 6.07) is 22.9. The van der Waals surface area contributed by atoms with Gasteiger partial charge in [-0.3, -0.25) is 0 Å². The van der Waals surface area contributed by atoms with Crippen LogP contribution < -0.4 is 5.32 Å². The molecule has 202 valence electrons. The average molecular weight is 582 g/mol. The van der Waals surface area contributed by atoms with Gasteiger partial charge in [0.1, 0.15) is 0 Å². The lowest BCUT2D eigenvalue weighted by molar-refractivity contribution is 0.506. The van der Waals surface area contributed by atoms with Gasteiger partial charge < -0.3 is 5.32 Å². The minimum atomic E-state index is -4.41. The minimum Gasteiger partial charge on any atom is -0.364 e. The predicted octanol–water partition coefficient (Wildman–Crippen LogP) is 4.79. The van der Waals surface area contributed by atoms with E-state index in [4.69, 9.17) is 0 Å². The molecule has 2 aliphatic rings. The van der Waals surface area contributed by atoms with E-state index in [0.717, 1.165) is 6.08 Å². The highest BCUT2D eigenvalue weighted by atomic mass is 32.2. The van der Waals surface area contributed by atoms with Crippen molar-refractivity contribution in [2.24, 2.45) is 5.41 Å². The van der Waals surface area contributed by atoms with E-state index in [1.807, 2.05) is 0 Å². The number of fused-ring (bicyclic) bond motifs is 1. The largest absolute Gasteiger partial charge is 0.364 e. The number of sulfone groups is 3. The molecule has 0 bridgehead atoms. The van der Waals surface area contributed by atoms with Crippen LogP contribution in [-0.2, 0) is 29.5 Å². The van der Waals surface area contributed by atoms with Crippen molar-refractivity contribution >= 4 is 29.5 Å². The standard InChI is InChI=1S/C29H27NO6S3/c1-28(2,3)26-24(37(31,32)21-13-7-4-8-14-21)19-29(39(35,36)23-17-11-6-12-18-23)27(26)25(20-30-29)38(33,34)22-15-9-5-10-16-22/h4-20,30H,1-3H3. The fourth-order valence-electron chi connectivity index (χ4n) is 5.00. The lowest BCUT2D eigenvalue weighted by Gasteiger charge is -2.29. The van der Waals surface area contributed by atoms with Gasteiger partial charge in [0, 0.05) is 11.8 Å². The van der Waals surface area contributed by atoms with Crippen molar-refractivity contribution in [3.05, 3.63) is 124 Å². The Labute approximate surface area is 229 Å². The third kappa shape index (κ3) is 4.09. The molecule has 1 aliphatic carbocycles. The van der Waals surface area contributed by atoms with Crippen molar-refractivity contribution in [2.75, 3.05) is 0 Å². The van der Waals surface area contributed by atoms with Crippen LogP contribution in [0.1, 0.15) is 20.8 Å². The molecule has 0 radical (unpaired) electrons. The second-order valence-electron chi connectivity index (χ2n) is 10.3. The molecule has 1 heterocycles. The number of rotatable bonds is 6. The van der Waals surface area contributed by atoms with Crippen LogP contribution in [0, 0.1) is 5.41 Å². The van der Waals surface area contributed by atoms with Crippen molar-refractivity contribution in [3.8, 4) is 0 Å². The van der Waals surface area contributed by atoms with Crippen molar-refractivity contribution in [2.45, 2.75) is 40.3 Å². The van der Waals surface area contributed by atoms with Crippen LogP contribution in [0.15, 0.2) is 139 Å². The van der Waals surface area contributed by atoms with Crippen LogP contribution in [0.5, 0.6) is 0 Å². The van der Waals surface area contributed by atoms with Gasteiger partial charge in [-0.15, -0.1) is 0 Å². The number of benzene rings is 3. The maximum Gasteiger partial charge on any atom is 0.210 e. The zero-order valence-electron chi connectivity index (χ0n) is 21.5. The summed E-state index contributed by atoms with van der Waals surface area (Å²) < 4.78 is 84.8. The molecule has 1 aliphatic heterocycles. The Hall–Kier alpha value is -3.47. The first-order chi connectivity index (χ1) is 18.2. The van der Waals surface area contributed by atoms with Gasteiger partial charge in [-0.2, -0.15) is 0 Å². The Balaban J connectivity index is 1.89. The molecule has 5 rings (SSSR count). The molecule has 0 amide bonds. The lowest BCUT2D eigenvalue weighted by Crippen LogP contribution is -2.46. The first kappa shape index (κ1) is 27.1. The fraction of sp³-hybridized carbons (Fsp3) is 0.172. The first-order valence-electron chi connectivity index (χ1n) is 12.1. The zero-order chi connectivity index (χ0) is 28.3. The van der Waals surface area contributed by atoms with Crippen molar-refractivity contribution in [1.29, 1.82) is 0 Å². The van der Waals surface area contributed by atoms with Gasteiger partial charge >= 0.3 is 0 Å². The zero-order valence-corrected chi connectivity index (χ0v) is 23.9. The maximum absolute atomic E-state index is 14.4. The van der Waals surface area contributed by atoms with Gasteiger partial charge in [0.25, 0.3) is 0 Å². The summed E-state index contributed by atoms with van der Waals surface area (Å²) >= 11 is 0. The molecule has 10 heteroatoms. The van der Waals surface area contributed by atoms with Crippen molar-refractivity contribution in [3.63, 3.8) is 0 Å². The molecule has 1 unspecified atom stereocenters. The van der Waals surface area contributed by atoms with Gasteiger partial charge in [-0.25, -0.2) is 25.3 Å². The van der Waals surface area contributed by atoms with Crippen LogP contribution in [0.4, 0.5) is 0 Å². The van der Waals surface area contributed by atoms with E-state index in [1.54, 1.807) is 75.4 Å². The van der Waals surface area contributed by atoms with E-state index in [-0.39, 0.29) is 35.6 Å². The van der Waals surface area contributed by atoms with Crippen LogP contribution in [-0.4, -0.2) is 30.1 Å². The van der Waals surface area contributed by atoms with Crippen molar-refractivity contribution in [1.82, 2.24) is 5.32 Å². The second-order valence-corrected chi connectivity index (χ2v) is 16.3. The molecule has 0 saturated heterocycles. The Bertz CT molecular complexity index is 1870. The minimum absolute atomic E-state index is 0.0257. The Morgan fingerprint density at radius 1 is 0.590 bits per heavy atom. The molecular weight excluding hydrogens is 555 g/mol. The second kappa shape index (κ2) is 9.04. The smallest absolute Gasteiger partial charge is 0.210 e. The van der Waals surface area contributed by atoms with E-state index in [1.165, 1.54) is 42.6 Å². The fourth-order valence-corrected chi connectivity index (χ4v) is 10.3. The summed E-state index contributed by atoms with van der Waals surface area (Å²) in [4.78, 5) is -2.83. The van der Waals surface area contributed by atoms with E-state index in [9.17, 15) is 25.3 Å². The Morgan fingerprint density at radius 3 is 1.44 bits per heavy atom. The summed E-state index contributed by atoms with van der Waals surface area (Å²) in [5, 5.41) is 2.82. The third-order valence-electron chi connectivity index (χ3n) is 6.78. The Kier molecular flexibility index (Phi) is 6.28. The summed E-state index contributed by atoms with van der Waals surface area (Å²) in [6.07, 6.45) is 2.34. The molecule has 0 spiro atoms. The molecule has 3 aromatic rings. The average Bonchev–Trinajstić information content (AvgIpc) is 3.47. The van der Waals surface area contributed by atoms with E-state index in [0.29, 0.717) is 0 Å². The number of allylic oxidation sites excluding steroid dienone is 1. The van der Waals surface area contributed by atoms with Crippen LogP contribution in [0.3, 0.4) is 0 Å². The van der Waals surface area contributed by atoms with Crippen LogP contribution in [0.2, 0.25) is 0 Å². The lowest BCUT2D eigenvalue weighted by atomic mass is 9.84. The van der Waals surface area contributed by atoms with E-state index in [2.05, 4.69) is 5.32 Å². The number of hydrogen-bond acceptors (Lipinski definition) is 7. The third-order valence-corrected chi connectivity index (χ3v) is 12.5. The van der Waals surface area contributed by atoms with Crippen LogP contribution in [0.25, 0.3) is 0 Å². The highest BCUT2D eigenvalue weighted by Gasteiger charge is 2.60. The molecule has 0 saturated carbocycles. The number of nitrogens with one attached hydrogen (secondary N) is 1. The van der Waals surface area contributed by atoms with Gasteiger partial charge in [-0.05, 0) is 53.5 Å². The monoisotopic (exact) mass is 581 g/mol. The topological polar surface area (TPSA) is 114 Å². The Morgan fingerprint density at radius 2 is 1.00 bits per heavy atom. The number of hydrogen-bond donors (Lipinski definition) is 1. The molecule has 0 aromatic heterocycles. The summed E-state index contributed by atoms with van der Waals surface area (Å²) in [7, 11) is -12.9.